The van der Waals surface area contributed by atoms with Gasteiger partial charge in [-0.1, -0.05) is 12.1 Å². The monoisotopic (exact) mass is 225 g/mol. The van der Waals surface area contributed by atoms with Crippen LogP contribution in [0.25, 0.3) is 0 Å². The first-order valence-corrected chi connectivity index (χ1v) is 5.59. The summed E-state index contributed by atoms with van der Waals surface area (Å²) in [4.78, 5) is 0. The Morgan fingerprint density at radius 3 is 2.19 bits per heavy atom. The smallest absolute Gasteiger partial charge is 0.129 e. The minimum absolute atomic E-state index is 0.0423. The molecule has 0 heterocycles. The quantitative estimate of drug-likeness (QED) is 0.825. The highest BCUT2D eigenvalue weighted by Crippen LogP contribution is 2.20. The van der Waals surface area contributed by atoms with Crippen molar-refractivity contribution in [3.63, 3.8) is 0 Å². The summed E-state index contributed by atoms with van der Waals surface area (Å²) in [5.41, 5.74) is 2.39. The third-order valence-electron chi connectivity index (χ3n) is 2.77. The molecule has 2 atom stereocenters. The summed E-state index contributed by atoms with van der Waals surface area (Å²) in [6.07, 6.45) is 0. The first-order chi connectivity index (χ1) is 7.45. The van der Waals surface area contributed by atoms with Crippen LogP contribution in [0.5, 0.6) is 0 Å². The van der Waals surface area contributed by atoms with Gasteiger partial charge in [-0.05, 0) is 44.4 Å². The normalized spacial score (nSPS) is 14.9. The van der Waals surface area contributed by atoms with Gasteiger partial charge in [0.1, 0.15) is 5.82 Å². The summed E-state index contributed by atoms with van der Waals surface area (Å²) in [7, 11) is 0. The van der Waals surface area contributed by atoms with Crippen molar-refractivity contribution in [3.8, 4) is 0 Å². The summed E-state index contributed by atoms with van der Waals surface area (Å²) in [5.74, 6) is -0.133. The second kappa shape index (κ2) is 5.41. The molecule has 1 aromatic rings. The zero-order valence-corrected chi connectivity index (χ0v) is 10.3. The summed E-state index contributed by atoms with van der Waals surface area (Å²) in [5, 5.41) is 12.2. The summed E-state index contributed by atoms with van der Waals surface area (Å²) in [6.45, 7) is 7.57. The van der Waals surface area contributed by atoms with E-state index in [0.717, 1.165) is 5.56 Å². The van der Waals surface area contributed by atoms with Gasteiger partial charge in [-0.15, -0.1) is 0 Å². The molecule has 1 aromatic carbocycles. The maximum atomic E-state index is 13.4. The molecule has 3 heteroatoms. The lowest BCUT2D eigenvalue weighted by Crippen LogP contribution is -2.31. The predicted molar refractivity (Wildman–Crippen MR) is 64.0 cm³/mol. The molecule has 0 saturated heterocycles. The first kappa shape index (κ1) is 13.1. The fourth-order valence-electron chi connectivity index (χ4n) is 1.81. The van der Waals surface area contributed by atoms with Crippen molar-refractivity contribution < 1.29 is 9.50 Å². The molecule has 16 heavy (non-hydrogen) atoms. The molecule has 1 unspecified atom stereocenters. The number of hydrogen-bond acceptors (Lipinski definition) is 2. The van der Waals surface area contributed by atoms with Gasteiger partial charge in [0, 0.05) is 12.1 Å². The second-order valence-electron chi connectivity index (χ2n) is 4.44. The van der Waals surface area contributed by atoms with Crippen LogP contribution in [0.1, 0.15) is 36.6 Å². The molecular formula is C13H20FNO. The first-order valence-electron chi connectivity index (χ1n) is 5.59. The van der Waals surface area contributed by atoms with Gasteiger partial charge in [0.05, 0.1) is 6.61 Å². The highest BCUT2D eigenvalue weighted by atomic mass is 19.1. The zero-order chi connectivity index (χ0) is 12.3. The molecule has 0 aliphatic rings. The molecule has 0 bridgehead atoms. The van der Waals surface area contributed by atoms with Gasteiger partial charge in [-0.3, -0.25) is 0 Å². The van der Waals surface area contributed by atoms with Crippen molar-refractivity contribution in [1.82, 2.24) is 5.32 Å². The maximum absolute atomic E-state index is 13.4. The van der Waals surface area contributed by atoms with Gasteiger partial charge < -0.3 is 10.4 Å². The Balaban J connectivity index is 2.88. The van der Waals surface area contributed by atoms with E-state index >= 15 is 0 Å². The molecule has 0 radical (unpaired) electrons. The number of aliphatic hydroxyl groups is 1. The molecule has 0 fully saturated rings. The average molecular weight is 225 g/mol. The van der Waals surface area contributed by atoms with E-state index in [1.54, 1.807) is 13.8 Å². The Kier molecular flexibility index (Phi) is 4.44. The average Bonchev–Trinajstić information content (AvgIpc) is 2.24. The molecule has 0 saturated carbocycles. The number of halogens is 1. The fraction of sp³-hybridized carbons (Fsp3) is 0.538. The topological polar surface area (TPSA) is 32.3 Å². The summed E-state index contributed by atoms with van der Waals surface area (Å²) < 4.78 is 13.4. The van der Waals surface area contributed by atoms with E-state index in [2.05, 4.69) is 5.32 Å². The van der Waals surface area contributed by atoms with Crippen LogP contribution in [0.15, 0.2) is 12.1 Å². The van der Waals surface area contributed by atoms with Crippen molar-refractivity contribution in [3.05, 3.63) is 34.6 Å². The molecule has 1 rings (SSSR count). The second-order valence-corrected chi connectivity index (χ2v) is 4.44. The van der Waals surface area contributed by atoms with E-state index in [4.69, 9.17) is 5.11 Å². The number of rotatable bonds is 4. The van der Waals surface area contributed by atoms with Crippen molar-refractivity contribution in [2.45, 2.75) is 39.8 Å². The third kappa shape index (κ3) is 3.03. The van der Waals surface area contributed by atoms with E-state index < -0.39 is 0 Å². The molecule has 2 N–H and O–H groups in total. The number of benzene rings is 1. The summed E-state index contributed by atoms with van der Waals surface area (Å²) >= 11 is 0. The Bertz CT molecular complexity index is 342. The number of aliphatic hydroxyl groups excluding tert-OH is 1. The lowest BCUT2D eigenvalue weighted by molar-refractivity contribution is 0.243. The van der Waals surface area contributed by atoms with Crippen LogP contribution < -0.4 is 5.32 Å². The highest BCUT2D eigenvalue weighted by Gasteiger charge is 2.11. The van der Waals surface area contributed by atoms with Gasteiger partial charge in [0.2, 0.25) is 0 Å². The summed E-state index contributed by atoms with van der Waals surface area (Å²) in [6, 6.07) is 3.86. The van der Waals surface area contributed by atoms with E-state index in [9.17, 15) is 4.39 Å². The van der Waals surface area contributed by atoms with Crippen molar-refractivity contribution in [1.29, 1.82) is 0 Å². The van der Waals surface area contributed by atoms with Crippen molar-refractivity contribution in [2.24, 2.45) is 0 Å². The van der Waals surface area contributed by atoms with E-state index in [1.807, 2.05) is 26.0 Å². The maximum Gasteiger partial charge on any atom is 0.129 e. The lowest BCUT2D eigenvalue weighted by Gasteiger charge is -2.19. The standard InChI is InChI=1S/C13H20FNO/c1-8-5-12(6-9(2)13(8)14)11(4)15-10(3)7-16/h5-6,10-11,15-16H,7H2,1-4H3/t10-,11?/m1/s1. The molecule has 0 aromatic heterocycles. The van der Waals surface area contributed by atoms with Crippen LogP contribution in [-0.2, 0) is 0 Å². The van der Waals surface area contributed by atoms with Crippen LogP contribution in [0.3, 0.4) is 0 Å². The number of hydrogen-bond donors (Lipinski definition) is 2. The molecule has 2 nitrogen and oxygen atoms in total. The molecule has 90 valence electrons. The van der Waals surface area contributed by atoms with Crippen LogP contribution in [0.2, 0.25) is 0 Å². The van der Waals surface area contributed by atoms with Crippen LogP contribution in [-0.4, -0.2) is 17.8 Å². The SMILES string of the molecule is Cc1cc(C(C)N[C@H](C)CO)cc(C)c1F. The van der Waals surface area contributed by atoms with Gasteiger partial charge >= 0.3 is 0 Å². The van der Waals surface area contributed by atoms with E-state index in [1.165, 1.54) is 0 Å². The van der Waals surface area contributed by atoms with Crippen LogP contribution >= 0.6 is 0 Å². The third-order valence-corrected chi connectivity index (χ3v) is 2.77. The number of nitrogens with one attached hydrogen (secondary N) is 1. The Morgan fingerprint density at radius 1 is 1.25 bits per heavy atom. The molecule has 0 spiro atoms. The van der Waals surface area contributed by atoms with E-state index in [0.29, 0.717) is 11.1 Å². The van der Waals surface area contributed by atoms with Crippen LogP contribution in [0, 0.1) is 19.7 Å². The minimum Gasteiger partial charge on any atom is -0.395 e. The minimum atomic E-state index is -0.133. The molecule has 0 aliphatic heterocycles. The molecular weight excluding hydrogens is 205 g/mol. The van der Waals surface area contributed by atoms with Gasteiger partial charge in [-0.2, -0.15) is 0 Å². The van der Waals surface area contributed by atoms with Crippen LogP contribution in [0.4, 0.5) is 4.39 Å². The Morgan fingerprint density at radius 2 is 1.75 bits per heavy atom. The van der Waals surface area contributed by atoms with Gasteiger partial charge in [-0.25, -0.2) is 4.39 Å². The van der Waals surface area contributed by atoms with E-state index in [-0.39, 0.29) is 24.5 Å². The lowest BCUT2D eigenvalue weighted by atomic mass is 10.0. The van der Waals surface area contributed by atoms with Crippen molar-refractivity contribution >= 4 is 0 Å². The number of aryl methyl sites for hydroxylation is 2. The van der Waals surface area contributed by atoms with Crippen molar-refractivity contribution in [2.75, 3.05) is 6.61 Å². The predicted octanol–water partition coefficient (Wildman–Crippen LogP) is 2.47. The molecule has 0 amide bonds. The molecule has 0 aliphatic carbocycles. The largest absolute Gasteiger partial charge is 0.395 e. The Hall–Kier alpha value is -0.930. The Labute approximate surface area is 96.5 Å². The fourth-order valence-corrected chi connectivity index (χ4v) is 1.81. The van der Waals surface area contributed by atoms with Gasteiger partial charge in [0.15, 0.2) is 0 Å². The zero-order valence-electron chi connectivity index (χ0n) is 10.3. The highest BCUT2D eigenvalue weighted by molar-refractivity contribution is 5.32. The van der Waals surface area contributed by atoms with Gasteiger partial charge in [0.25, 0.3) is 0 Å².